The average molecular weight is 294 g/mol. The van der Waals surface area contributed by atoms with E-state index < -0.39 is 0 Å². The molecule has 0 spiro atoms. The Morgan fingerprint density at radius 2 is 2.14 bits per heavy atom. The lowest BCUT2D eigenvalue weighted by Crippen LogP contribution is -2.15. The molecule has 2 heterocycles. The van der Waals surface area contributed by atoms with Gasteiger partial charge >= 0.3 is 0 Å². The molecule has 6 nitrogen and oxygen atoms in total. The van der Waals surface area contributed by atoms with Crippen LogP contribution < -0.4 is 11.1 Å². The number of carbonyl (C=O) groups excluding carboxylic acids is 1. The molecule has 1 aromatic carbocycles. The Hall–Kier alpha value is -3.15. The van der Waals surface area contributed by atoms with Gasteiger partial charge in [0.1, 0.15) is 11.4 Å². The molecule has 0 atom stereocenters. The van der Waals surface area contributed by atoms with Crippen molar-refractivity contribution in [1.29, 1.82) is 0 Å². The van der Waals surface area contributed by atoms with Crippen molar-refractivity contribution in [2.45, 2.75) is 6.92 Å². The number of anilines is 2. The van der Waals surface area contributed by atoms with Crippen LogP contribution in [0.2, 0.25) is 0 Å². The summed E-state index contributed by atoms with van der Waals surface area (Å²) in [6.07, 6.45) is 2.92. The fraction of sp³-hybridized carbons (Fsp3) is 0.0625. The van der Waals surface area contributed by atoms with Crippen molar-refractivity contribution in [3.63, 3.8) is 0 Å². The molecule has 0 saturated heterocycles. The lowest BCUT2D eigenvalue weighted by atomic mass is 10.2. The molecule has 0 unspecified atom stereocenters. The summed E-state index contributed by atoms with van der Waals surface area (Å²) in [6, 6.07) is 10.9. The second-order valence-corrected chi connectivity index (χ2v) is 4.79. The van der Waals surface area contributed by atoms with Crippen molar-refractivity contribution in [2.24, 2.45) is 0 Å². The average Bonchev–Trinajstić information content (AvgIpc) is 3.01. The number of benzene rings is 1. The Kier molecular flexibility index (Phi) is 3.57. The Morgan fingerprint density at radius 1 is 1.27 bits per heavy atom. The lowest BCUT2D eigenvalue weighted by molar-refractivity contribution is 0.102. The first kappa shape index (κ1) is 13.8. The maximum absolute atomic E-state index is 12.2. The summed E-state index contributed by atoms with van der Waals surface area (Å²) in [5.41, 5.74) is 7.82. The summed E-state index contributed by atoms with van der Waals surface area (Å²) >= 11 is 0. The van der Waals surface area contributed by atoms with E-state index in [-0.39, 0.29) is 17.3 Å². The Morgan fingerprint density at radius 3 is 2.82 bits per heavy atom. The molecule has 22 heavy (non-hydrogen) atoms. The van der Waals surface area contributed by atoms with Gasteiger partial charge < -0.3 is 15.5 Å². The molecule has 3 aromatic rings. The standard InChI is InChI=1S/C16H14N4O2/c1-10-4-2-5-11(8-10)19-16(21)12-9-18-15(20-14(12)17)13-6-3-7-22-13/h2-9H,1H3,(H,19,21)(H2,17,18,20). The van der Waals surface area contributed by atoms with Gasteiger partial charge in [-0.1, -0.05) is 12.1 Å². The van der Waals surface area contributed by atoms with Crippen LogP contribution >= 0.6 is 0 Å². The number of rotatable bonds is 3. The number of furan rings is 1. The number of aromatic nitrogens is 2. The van der Waals surface area contributed by atoms with Crippen LogP contribution in [-0.4, -0.2) is 15.9 Å². The van der Waals surface area contributed by atoms with Crippen molar-refractivity contribution < 1.29 is 9.21 Å². The molecular formula is C16H14N4O2. The van der Waals surface area contributed by atoms with E-state index in [1.54, 1.807) is 18.2 Å². The van der Waals surface area contributed by atoms with Crippen molar-refractivity contribution in [2.75, 3.05) is 11.1 Å². The van der Waals surface area contributed by atoms with Crippen molar-refractivity contribution in [3.8, 4) is 11.6 Å². The highest BCUT2D eigenvalue weighted by molar-refractivity contribution is 6.07. The van der Waals surface area contributed by atoms with E-state index in [1.165, 1.54) is 12.5 Å². The number of hydrogen-bond donors (Lipinski definition) is 2. The zero-order chi connectivity index (χ0) is 15.5. The largest absolute Gasteiger partial charge is 0.461 e. The summed E-state index contributed by atoms with van der Waals surface area (Å²) in [6.45, 7) is 1.95. The summed E-state index contributed by atoms with van der Waals surface area (Å²) < 4.78 is 5.20. The number of nitrogen functional groups attached to an aromatic ring is 1. The molecule has 0 bridgehead atoms. The molecule has 6 heteroatoms. The molecule has 110 valence electrons. The van der Waals surface area contributed by atoms with Crippen LogP contribution in [0.1, 0.15) is 15.9 Å². The van der Waals surface area contributed by atoms with Crippen LogP contribution in [-0.2, 0) is 0 Å². The van der Waals surface area contributed by atoms with E-state index in [1.807, 2.05) is 25.1 Å². The predicted molar refractivity (Wildman–Crippen MR) is 83.3 cm³/mol. The molecule has 0 aliphatic rings. The van der Waals surface area contributed by atoms with Gasteiger partial charge in [0.05, 0.1) is 6.26 Å². The number of carbonyl (C=O) groups is 1. The maximum atomic E-state index is 12.2. The molecular weight excluding hydrogens is 280 g/mol. The zero-order valence-corrected chi connectivity index (χ0v) is 11.9. The van der Waals surface area contributed by atoms with Crippen molar-refractivity contribution in [1.82, 2.24) is 9.97 Å². The Balaban J connectivity index is 1.84. The maximum Gasteiger partial charge on any atom is 0.260 e. The van der Waals surface area contributed by atoms with Gasteiger partial charge in [-0.2, -0.15) is 0 Å². The minimum atomic E-state index is -0.353. The molecule has 3 rings (SSSR count). The third-order valence-corrected chi connectivity index (χ3v) is 3.08. The summed E-state index contributed by atoms with van der Waals surface area (Å²) in [4.78, 5) is 20.5. The highest BCUT2D eigenvalue weighted by Gasteiger charge is 2.14. The van der Waals surface area contributed by atoms with Crippen LogP contribution in [0, 0.1) is 6.92 Å². The fourth-order valence-electron chi connectivity index (χ4n) is 2.02. The number of aryl methyl sites for hydroxylation is 1. The molecule has 2 aromatic heterocycles. The van der Waals surface area contributed by atoms with E-state index in [4.69, 9.17) is 10.2 Å². The lowest BCUT2D eigenvalue weighted by Gasteiger charge is -2.08. The number of hydrogen-bond acceptors (Lipinski definition) is 5. The second kappa shape index (κ2) is 5.69. The van der Waals surface area contributed by atoms with E-state index in [0.717, 1.165) is 5.56 Å². The summed E-state index contributed by atoms with van der Waals surface area (Å²) in [5.74, 6) is 0.590. The van der Waals surface area contributed by atoms with E-state index in [0.29, 0.717) is 17.3 Å². The van der Waals surface area contributed by atoms with E-state index in [9.17, 15) is 4.79 Å². The van der Waals surface area contributed by atoms with Gasteiger partial charge in [-0.25, -0.2) is 9.97 Å². The molecule has 0 radical (unpaired) electrons. The Labute approximate surface area is 127 Å². The summed E-state index contributed by atoms with van der Waals surface area (Å²) in [7, 11) is 0. The number of nitrogens with zero attached hydrogens (tertiary/aromatic N) is 2. The topological polar surface area (TPSA) is 94.0 Å². The first-order valence-electron chi connectivity index (χ1n) is 6.68. The van der Waals surface area contributed by atoms with E-state index in [2.05, 4.69) is 15.3 Å². The third kappa shape index (κ3) is 2.80. The van der Waals surface area contributed by atoms with Gasteiger partial charge in [0.25, 0.3) is 5.91 Å². The highest BCUT2D eigenvalue weighted by Crippen LogP contribution is 2.19. The van der Waals surface area contributed by atoms with Gasteiger partial charge in [-0.3, -0.25) is 4.79 Å². The molecule has 0 aliphatic carbocycles. The number of amides is 1. The minimum absolute atomic E-state index is 0.103. The zero-order valence-electron chi connectivity index (χ0n) is 11.9. The van der Waals surface area contributed by atoms with Gasteiger partial charge in [-0.05, 0) is 36.8 Å². The molecule has 3 N–H and O–H groups in total. The quantitative estimate of drug-likeness (QED) is 0.774. The fourth-order valence-corrected chi connectivity index (χ4v) is 2.02. The monoisotopic (exact) mass is 294 g/mol. The highest BCUT2D eigenvalue weighted by atomic mass is 16.3. The molecule has 0 aliphatic heterocycles. The van der Waals surface area contributed by atoms with Crippen LogP contribution in [0.5, 0.6) is 0 Å². The number of nitrogens with two attached hydrogens (primary N) is 1. The van der Waals surface area contributed by atoms with Gasteiger partial charge in [0.2, 0.25) is 0 Å². The predicted octanol–water partition coefficient (Wildman–Crippen LogP) is 2.88. The van der Waals surface area contributed by atoms with Crippen LogP contribution in [0.3, 0.4) is 0 Å². The minimum Gasteiger partial charge on any atom is -0.461 e. The number of nitrogens with one attached hydrogen (secondary N) is 1. The Bertz CT molecular complexity index is 813. The van der Waals surface area contributed by atoms with Gasteiger partial charge in [0, 0.05) is 11.9 Å². The van der Waals surface area contributed by atoms with E-state index >= 15 is 0 Å². The normalized spacial score (nSPS) is 10.4. The second-order valence-electron chi connectivity index (χ2n) is 4.79. The van der Waals surface area contributed by atoms with Crippen LogP contribution in [0.15, 0.2) is 53.3 Å². The third-order valence-electron chi connectivity index (χ3n) is 3.08. The smallest absolute Gasteiger partial charge is 0.260 e. The molecule has 0 saturated carbocycles. The van der Waals surface area contributed by atoms with Crippen molar-refractivity contribution in [3.05, 3.63) is 60.0 Å². The first-order chi connectivity index (χ1) is 10.6. The summed E-state index contributed by atoms with van der Waals surface area (Å²) in [5, 5.41) is 2.77. The van der Waals surface area contributed by atoms with Gasteiger partial charge in [-0.15, -0.1) is 0 Å². The van der Waals surface area contributed by atoms with Crippen LogP contribution in [0.25, 0.3) is 11.6 Å². The van der Waals surface area contributed by atoms with Gasteiger partial charge in [0.15, 0.2) is 11.6 Å². The first-order valence-corrected chi connectivity index (χ1v) is 6.68. The van der Waals surface area contributed by atoms with Crippen LogP contribution in [0.4, 0.5) is 11.5 Å². The molecule has 1 amide bonds. The SMILES string of the molecule is Cc1cccc(NC(=O)c2cnc(-c3ccco3)nc2N)c1. The van der Waals surface area contributed by atoms with Crippen molar-refractivity contribution >= 4 is 17.4 Å². The molecule has 0 fully saturated rings.